The van der Waals surface area contributed by atoms with Gasteiger partial charge in [-0.15, -0.1) is 0 Å². The topological polar surface area (TPSA) is 20.3 Å². The average Bonchev–Trinajstić information content (AvgIpc) is 3.33. The van der Waals surface area contributed by atoms with Crippen LogP contribution in [0.4, 0.5) is 0 Å². The Balaban J connectivity index is 1.57. The van der Waals surface area contributed by atoms with Gasteiger partial charge in [-0.3, -0.25) is 4.79 Å². The van der Waals surface area contributed by atoms with E-state index >= 15 is 0 Å². The number of hydrogen-bond acceptors (Lipinski definition) is 1. The molecule has 2 aliphatic carbocycles. The molecule has 0 atom stereocenters. The fourth-order valence-electron chi connectivity index (χ4n) is 4.72. The van der Waals surface area contributed by atoms with Gasteiger partial charge in [-0.25, -0.2) is 0 Å². The van der Waals surface area contributed by atoms with E-state index in [1.54, 1.807) is 6.08 Å². The fourth-order valence-corrected chi connectivity index (χ4v) is 4.72. The van der Waals surface area contributed by atoms with Crippen molar-refractivity contribution >= 4 is 5.91 Å². The number of carbonyl (C=O) groups is 1. The monoisotopic (exact) mass is 391 g/mol. The average molecular weight is 392 g/mol. The third kappa shape index (κ3) is 5.10. The maximum Gasteiger partial charge on any atom is 0.247 e. The third-order valence-corrected chi connectivity index (χ3v) is 6.92. The molecule has 1 saturated carbocycles. The van der Waals surface area contributed by atoms with E-state index in [4.69, 9.17) is 0 Å². The zero-order valence-electron chi connectivity index (χ0n) is 19.0. The molecule has 1 heterocycles. The molecule has 0 unspecified atom stereocenters. The molecule has 29 heavy (non-hydrogen) atoms. The van der Waals surface area contributed by atoms with Gasteiger partial charge in [0.1, 0.15) is 0 Å². The molecular formula is C27H37NO. The maximum atomic E-state index is 12.5. The quantitative estimate of drug-likeness (QED) is 0.290. The SMILES string of the molecule is C=C1CN(C(=O)/C=C(C)/C=C/C=C(C)\C=C\C2=C(C)CCCC2(C)C)CC12CC2. The lowest BCUT2D eigenvalue weighted by Crippen LogP contribution is -2.27. The van der Waals surface area contributed by atoms with Crippen LogP contribution in [0.15, 0.2) is 70.9 Å². The molecule has 0 bridgehead atoms. The number of nitrogens with zero attached hydrogens (tertiary/aromatic N) is 1. The molecule has 1 saturated heterocycles. The van der Waals surface area contributed by atoms with Crippen LogP contribution in [-0.4, -0.2) is 23.9 Å². The van der Waals surface area contributed by atoms with E-state index in [0.29, 0.717) is 0 Å². The summed E-state index contributed by atoms with van der Waals surface area (Å²) in [6.07, 6.45) is 18.6. The van der Waals surface area contributed by atoms with Crippen molar-refractivity contribution in [3.63, 3.8) is 0 Å². The van der Waals surface area contributed by atoms with Crippen molar-refractivity contribution in [2.45, 2.75) is 66.7 Å². The summed E-state index contributed by atoms with van der Waals surface area (Å²) in [6, 6.07) is 0. The summed E-state index contributed by atoms with van der Waals surface area (Å²) in [5.41, 5.74) is 6.99. The number of likely N-dealkylation sites (tertiary alicyclic amines) is 1. The van der Waals surface area contributed by atoms with E-state index in [-0.39, 0.29) is 16.7 Å². The summed E-state index contributed by atoms with van der Waals surface area (Å²) in [4.78, 5) is 14.5. The molecular weight excluding hydrogens is 354 g/mol. The molecule has 1 amide bonds. The number of allylic oxidation sites excluding steroid dienone is 9. The van der Waals surface area contributed by atoms with Gasteiger partial charge in [0.15, 0.2) is 0 Å². The van der Waals surface area contributed by atoms with E-state index < -0.39 is 0 Å². The lowest BCUT2D eigenvalue weighted by atomic mass is 9.72. The van der Waals surface area contributed by atoms with Crippen LogP contribution in [-0.2, 0) is 4.79 Å². The largest absolute Gasteiger partial charge is 0.334 e. The first-order valence-electron chi connectivity index (χ1n) is 11.0. The van der Waals surface area contributed by atoms with E-state index in [2.05, 4.69) is 52.5 Å². The first kappa shape index (κ1) is 21.6. The molecule has 1 spiro atoms. The summed E-state index contributed by atoms with van der Waals surface area (Å²) in [5, 5.41) is 0. The Labute approximate surface area is 177 Å². The summed E-state index contributed by atoms with van der Waals surface area (Å²) in [6.45, 7) is 16.8. The minimum atomic E-state index is 0.111. The molecule has 0 aromatic heterocycles. The zero-order valence-corrected chi connectivity index (χ0v) is 19.0. The summed E-state index contributed by atoms with van der Waals surface area (Å²) in [5.74, 6) is 0.111. The molecule has 1 aliphatic heterocycles. The Morgan fingerprint density at radius 3 is 2.45 bits per heavy atom. The Kier molecular flexibility index (Phi) is 6.22. The lowest BCUT2D eigenvalue weighted by molar-refractivity contribution is -0.125. The summed E-state index contributed by atoms with van der Waals surface area (Å²) in [7, 11) is 0. The minimum absolute atomic E-state index is 0.111. The van der Waals surface area contributed by atoms with Crippen LogP contribution in [0.25, 0.3) is 0 Å². The predicted octanol–water partition coefficient (Wildman–Crippen LogP) is 6.70. The lowest BCUT2D eigenvalue weighted by Gasteiger charge is -2.32. The van der Waals surface area contributed by atoms with E-state index in [1.165, 1.54) is 54.4 Å². The molecule has 0 radical (unpaired) electrons. The molecule has 2 nitrogen and oxygen atoms in total. The minimum Gasteiger partial charge on any atom is -0.334 e. The van der Waals surface area contributed by atoms with Crippen molar-refractivity contribution in [2.75, 3.05) is 13.1 Å². The predicted molar refractivity (Wildman–Crippen MR) is 124 cm³/mol. The van der Waals surface area contributed by atoms with Gasteiger partial charge in [0.25, 0.3) is 0 Å². The molecule has 0 aromatic carbocycles. The molecule has 2 heteroatoms. The van der Waals surface area contributed by atoms with Gasteiger partial charge in [-0.1, -0.05) is 67.5 Å². The fraction of sp³-hybridized carbons (Fsp3) is 0.519. The number of hydrogen-bond donors (Lipinski definition) is 0. The Morgan fingerprint density at radius 2 is 1.83 bits per heavy atom. The Bertz CT molecular complexity index is 840. The molecule has 156 valence electrons. The van der Waals surface area contributed by atoms with Crippen LogP contribution in [0, 0.1) is 10.8 Å². The molecule has 0 aromatic rings. The first-order chi connectivity index (χ1) is 13.6. The maximum absolute atomic E-state index is 12.5. The van der Waals surface area contributed by atoms with Crippen molar-refractivity contribution < 1.29 is 4.79 Å². The van der Waals surface area contributed by atoms with E-state index in [1.807, 2.05) is 24.0 Å². The van der Waals surface area contributed by atoms with Gasteiger partial charge < -0.3 is 4.90 Å². The van der Waals surface area contributed by atoms with Crippen LogP contribution < -0.4 is 0 Å². The summed E-state index contributed by atoms with van der Waals surface area (Å²) >= 11 is 0. The Hall–Kier alpha value is -2.09. The third-order valence-electron chi connectivity index (χ3n) is 6.92. The second kappa shape index (κ2) is 8.34. The summed E-state index contributed by atoms with van der Waals surface area (Å²) < 4.78 is 0. The highest BCUT2D eigenvalue weighted by Gasteiger charge is 2.51. The zero-order chi connectivity index (χ0) is 21.2. The van der Waals surface area contributed by atoms with E-state index in [9.17, 15) is 4.79 Å². The second-order valence-corrected chi connectivity index (χ2v) is 10.0. The number of amides is 1. The van der Waals surface area contributed by atoms with Crippen LogP contribution in [0.3, 0.4) is 0 Å². The van der Waals surface area contributed by atoms with Gasteiger partial charge in [-0.2, -0.15) is 0 Å². The van der Waals surface area contributed by atoms with Crippen molar-refractivity contribution in [2.24, 2.45) is 10.8 Å². The van der Waals surface area contributed by atoms with Crippen LogP contribution in [0.1, 0.15) is 66.7 Å². The van der Waals surface area contributed by atoms with Gasteiger partial charge >= 0.3 is 0 Å². The van der Waals surface area contributed by atoms with Crippen molar-refractivity contribution in [1.82, 2.24) is 4.90 Å². The second-order valence-electron chi connectivity index (χ2n) is 10.0. The smallest absolute Gasteiger partial charge is 0.247 e. The van der Waals surface area contributed by atoms with Gasteiger partial charge in [-0.05, 0) is 69.4 Å². The van der Waals surface area contributed by atoms with Gasteiger partial charge in [0.2, 0.25) is 5.91 Å². The van der Waals surface area contributed by atoms with Crippen molar-refractivity contribution in [3.8, 4) is 0 Å². The van der Waals surface area contributed by atoms with Crippen LogP contribution in [0.2, 0.25) is 0 Å². The van der Waals surface area contributed by atoms with Gasteiger partial charge in [0, 0.05) is 24.6 Å². The molecule has 3 aliphatic rings. The van der Waals surface area contributed by atoms with Crippen LogP contribution >= 0.6 is 0 Å². The normalized spacial score (nSPS) is 24.4. The number of carbonyl (C=O) groups excluding carboxylic acids is 1. The highest BCUT2D eigenvalue weighted by Crippen LogP contribution is 2.55. The van der Waals surface area contributed by atoms with Crippen molar-refractivity contribution in [1.29, 1.82) is 0 Å². The molecule has 2 fully saturated rings. The van der Waals surface area contributed by atoms with E-state index in [0.717, 1.165) is 18.7 Å². The standard InChI is InChI=1S/C27H37NO/c1-20(12-13-24-22(3)11-8-14-26(24,5)6)9-7-10-21(2)17-25(29)28-18-23(4)27(19-28)15-16-27/h7,9-10,12-13,17H,4,8,11,14-16,18-19H2,1-3,5-6H3/b10-7+,13-12+,20-9-,21-17+. The van der Waals surface area contributed by atoms with Gasteiger partial charge in [0.05, 0.1) is 0 Å². The Morgan fingerprint density at radius 1 is 1.10 bits per heavy atom. The number of rotatable bonds is 5. The first-order valence-corrected chi connectivity index (χ1v) is 11.0. The highest BCUT2D eigenvalue weighted by molar-refractivity contribution is 5.89. The molecule has 0 N–H and O–H groups in total. The van der Waals surface area contributed by atoms with Crippen LogP contribution in [0.5, 0.6) is 0 Å². The highest BCUT2D eigenvalue weighted by atomic mass is 16.2. The van der Waals surface area contributed by atoms with Crippen molar-refractivity contribution in [3.05, 3.63) is 70.9 Å². The molecule has 3 rings (SSSR count).